The van der Waals surface area contributed by atoms with Gasteiger partial charge in [-0.25, -0.2) is 4.79 Å². The van der Waals surface area contributed by atoms with Crippen LogP contribution < -0.4 is 20.3 Å². The number of hydrogen-bond acceptors (Lipinski definition) is 3. The summed E-state index contributed by atoms with van der Waals surface area (Å²) in [6, 6.07) is 12.7. The summed E-state index contributed by atoms with van der Waals surface area (Å²) in [6.07, 6.45) is 0.275. The fraction of sp³-hybridized carbons (Fsp3) is 0.300. The molecule has 2 aromatic carbocycles. The first-order chi connectivity index (χ1) is 12.5. The van der Waals surface area contributed by atoms with E-state index in [0.717, 1.165) is 22.5 Å². The van der Waals surface area contributed by atoms with Crippen molar-refractivity contribution < 1.29 is 14.3 Å². The minimum atomic E-state index is -0.302. The van der Waals surface area contributed by atoms with Crippen LogP contribution >= 0.6 is 0 Å². The summed E-state index contributed by atoms with van der Waals surface area (Å²) >= 11 is 0. The van der Waals surface area contributed by atoms with Gasteiger partial charge in [-0.05, 0) is 43.2 Å². The van der Waals surface area contributed by atoms with Gasteiger partial charge in [-0.3, -0.25) is 4.79 Å². The quantitative estimate of drug-likeness (QED) is 0.886. The van der Waals surface area contributed by atoms with E-state index in [1.165, 1.54) is 0 Å². The number of ether oxygens (including phenoxy) is 1. The molecular formula is C20H23N3O3. The number of hydrogen-bond donors (Lipinski definition) is 2. The second kappa shape index (κ2) is 7.47. The lowest BCUT2D eigenvalue weighted by Gasteiger charge is -2.18. The third-order valence-electron chi connectivity index (χ3n) is 4.47. The predicted octanol–water partition coefficient (Wildman–Crippen LogP) is 3.24. The first-order valence-corrected chi connectivity index (χ1v) is 8.55. The normalized spacial score (nSPS) is 16.5. The molecule has 136 valence electrons. The molecule has 0 aromatic heterocycles. The van der Waals surface area contributed by atoms with Crippen molar-refractivity contribution in [3.63, 3.8) is 0 Å². The fourth-order valence-electron chi connectivity index (χ4n) is 3.05. The van der Waals surface area contributed by atoms with Gasteiger partial charge in [0.2, 0.25) is 5.91 Å². The number of rotatable bonds is 4. The molecule has 3 amide bonds. The fourth-order valence-corrected chi connectivity index (χ4v) is 3.05. The molecule has 2 aromatic rings. The van der Waals surface area contributed by atoms with Crippen molar-refractivity contribution in [1.82, 2.24) is 5.32 Å². The number of amides is 3. The molecular weight excluding hydrogens is 330 g/mol. The minimum Gasteiger partial charge on any atom is -0.497 e. The first kappa shape index (κ1) is 17.8. The Hall–Kier alpha value is -3.02. The molecule has 0 unspecified atom stereocenters. The molecule has 3 rings (SSSR count). The number of carbonyl (C=O) groups is 2. The van der Waals surface area contributed by atoms with Crippen LogP contribution in [0.25, 0.3) is 0 Å². The molecule has 1 saturated heterocycles. The van der Waals surface area contributed by atoms with Gasteiger partial charge in [-0.2, -0.15) is 0 Å². The van der Waals surface area contributed by atoms with E-state index in [1.807, 2.05) is 56.3 Å². The molecule has 0 aliphatic carbocycles. The topological polar surface area (TPSA) is 70.7 Å². The first-order valence-electron chi connectivity index (χ1n) is 8.55. The van der Waals surface area contributed by atoms with Crippen LogP contribution in [0.1, 0.15) is 17.5 Å². The monoisotopic (exact) mass is 353 g/mol. The highest BCUT2D eigenvalue weighted by Gasteiger charge is 2.31. The molecule has 1 aliphatic heterocycles. The average molecular weight is 353 g/mol. The van der Waals surface area contributed by atoms with Gasteiger partial charge in [0.1, 0.15) is 5.75 Å². The Morgan fingerprint density at radius 2 is 2.00 bits per heavy atom. The Morgan fingerprint density at radius 1 is 1.19 bits per heavy atom. The van der Waals surface area contributed by atoms with Gasteiger partial charge >= 0.3 is 6.03 Å². The van der Waals surface area contributed by atoms with E-state index in [4.69, 9.17) is 4.74 Å². The maximum Gasteiger partial charge on any atom is 0.319 e. The van der Waals surface area contributed by atoms with Crippen molar-refractivity contribution in [3.8, 4) is 5.75 Å². The summed E-state index contributed by atoms with van der Waals surface area (Å²) < 4.78 is 5.21. The second-order valence-electron chi connectivity index (χ2n) is 6.52. The molecule has 0 bridgehead atoms. The molecule has 26 heavy (non-hydrogen) atoms. The molecule has 1 heterocycles. The van der Waals surface area contributed by atoms with Crippen molar-refractivity contribution in [2.45, 2.75) is 26.3 Å². The van der Waals surface area contributed by atoms with E-state index in [1.54, 1.807) is 12.0 Å². The van der Waals surface area contributed by atoms with Crippen LogP contribution in [0, 0.1) is 13.8 Å². The molecule has 6 heteroatoms. The third kappa shape index (κ3) is 3.96. The predicted molar refractivity (Wildman–Crippen MR) is 102 cm³/mol. The molecule has 6 nitrogen and oxygen atoms in total. The summed E-state index contributed by atoms with van der Waals surface area (Å²) in [5.74, 6) is 0.676. The van der Waals surface area contributed by atoms with Crippen molar-refractivity contribution in [1.29, 1.82) is 0 Å². The number of nitrogens with one attached hydrogen (secondary N) is 2. The van der Waals surface area contributed by atoms with Gasteiger partial charge in [-0.1, -0.05) is 18.2 Å². The number of methoxy groups -OCH3 is 1. The van der Waals surface area contributed by atoms with Crippen LogP contribution in [-0.2, 0) is 4.79 Å². The van der Waals surface area contributed by atoms with Crippen LogP contribution in [0.3, 0.4) is 0 Å². The van der Waals surface area contributed by atoms with Crippen LogP contribution in [-0.4, -0.2) is 31.6 Å². The lowest BCUT2D eigenvalue weighted by Crippen LogP contribution is -2.39. The Bertz CT molecular complexity index is 835. The van der Waals surface area contributed by atoms with E-state index >= 15 is 0 Å². The summed E-state index contributed by atoms with van der Waals surface area (Å²) in [5.41, 5.74) is 3.61. The summed E-state index contributed by atoms with van der Waals surface area (Å²) in [4.78, 5) is 26.3. The second-order valence-corrected chi connectivity index (χ2v) is 6.52. The number of nitrogens with zero attached hydrogens (tertiary/aromatic N) is 1. The highest BCUT2D eigenvalue weighted by Crippen LogP contribution is 2.25. The highest BCUT2D eigenvalue weighted by molar-refractivity contribution is 5.98. The van der Waals surface area contributed by atoms with Crippen LogP contribution in [0.2, 0.25) is 0 Å². The van der Waals surface area contributed by atoms with Gasteiger partial charge in [-0.15, -0.1) is 0 Å². The molecule has 1 atom stereocenters. The summed E-state index contributed by atoms with van der Waals surface area (Å²) in [7, 11) is 1.59. The van der Waals surface area contributed by atoms with Crippen molar-refractivity contribution in [2.75, 3.05) is 23.9 Å². The number of benzene rings is 2. The zero-order chi connectivity index (χ0) is 18.7. The lowest BCUT2D eigenvalue weighted by molar-refractivity contribution is -0.117. The lowest BCUT2D eigenvalue weighted by atomic mass is 10.1. The highest BCUT2D eigenvalue weighted by atomic mass is 16.5. The van der Waals surface area contributed by atoms with Crippen LogP contribution in [0.15, 0.2) is 42.5 Å². The molecule has 0 radical (unpaired) electrons. The maximum atomic E-state index is 12.3. The van der Waals surface area contributed by atoms with E-state index in [0.29, 0.717) is 12.3 Å². The average Bonchev–Trinajstić information content (AvgIpc) is 2.98. The Balaban J connectivity index is 1.63. The zero-order valence-corrected chi connectivity index (χ0v) is 15.2. The van der Waals surface area contributed by atoms with Gasteiger partial charge < -0.3 is 20.3 Å². The van der Waals surface area contributed by atoms with E-state index < -0.39 is 0 Å². The summed E-state index contributed by atoms with van der Waals surface area (Å²) in [6.45, 7) is 4.36. The van der Waals surface area contributed by atoms with Crippen molar-refractivity contribution >= 4 is 23.3 Å². The van der Waals surface area contributed by atoms with Gasteiger partial charge in [0.05, 0.1) is 13.2 Å². The van der Waals surface area contributed by atoms with Gasteiger partial charge in [0.25, 0.3) is 0 Å². The Morgan fingerprint density at radius 3 is 2.77 bits per heavy atom. The van der Waals surface area contributed by atoms with Crippen molar-refractivity contribution in [2.24, 2.45) is 0 Å². The Kier molecular flexibility index (Phi) is 5.11. The largest absolute Gasteiger partial charge is 0.497 e. The number of anilines is 2. The zero-order valence-electron chi connectivity index (χ0n) is 15.2. The summed E-state index contributed by atoms with van der Waals surface area (Å²) in [5, 5.41) is 5.75. The number of aryl methyl sites for hydroxylation is 2. The van der Waals surface area contributed by atoms with Crippen LogP contribution in [0.5, 0.6) is 5.75 Å². The standard InChI is InChI=1S/C20H23N3O3/c1-13-7-8-14(2)18(9-13)22-20(25)21-15-10-19(24)23(12-15)16-5-4-6-17(11-16)26-3/h4-9,11,15H,10,12H2,1-3H3,(H2,21,22,25)/t15-/m1/s1. The maximum absolute atomic E-state index is 12.3. The van der Waals surface area contributed by atoms with Gasteiger partial charge in [0, 0.05) is 30.4 Å². The SMILES string of the molecule is COc1cccc(N2C[C@H](NC(=O)Nc3cc(C)ccc3C)CC2=O)c1. The molecule has 0 saturated carbocycles. The van der Waals surface area contributed by atoms with E-state index in [9.17, 15) is 9.59 Å². The smallest absolute Gasteiger partial charge is 0.319 e. The van der Waals surface area contributed by atoms with E-state index in [-0.39, 0.29) is 24.4 Å². The number of carbonyl (C=O) groups excluding carboxylic acids is 2. The van der Waals surface area contributed by atoms with Gasteiger partial charge in [0.15, 0.2) is 0 Å². The number of urea groups is 1. The minimum absolute atomic E-state index is 0.0183. The van der Waals surface area contributed by atoms with Crippen LogP contribution in [0.4, 0.5) is 16.2 Å². The van der Waals surface area contributed by atoms with E-state index in [2.05, 4.69) is 10.6 Å². The Labute approximate surface area is 153 Å². The third-order valence-corrected chi connectivity index (χ3v) is 4.47. The van der Waals surface area contributed by atoms with Crippen molar-refractivity contribution in [3.05, 3.63) is 53.6 Å². The molecule has 1 aliphatic rings. The molecule has 1 fully saturated rings. The molecule has 2 N–H and O–H groups in total. The molecule has 0 spiro atoms.